The molecule has 0 fully saturated rings. The Kier molecular flexibility index (Phi) is 20.3. The van der Waals surface area contributed by atoms with E-state index in [1.54, 1.807) is 0 Å². The summed E-state index contributed by atoms with van der Waals surface area (Å²) in [6.45, 7) is 5.55. The van der Waals surface area contributed by atoms with Gasteiger partial charge in [-0.2, -0.15) is 0 Å². The zero-order chi connectivity index (χ0) is 20.0. The number of rotatable bonds is 20. The van der Waals surface area contributed by atoms with Crippen LogP contribution >= 0.6 is 0 Å². The van der Waals surface area contributed by atoms with Crippen LogP contribution in [-0.4, -0.2) is 38.4 Å². The number of hydrogen-bond acceptors (Lipinski definition) is 5. The van der Waals surface area contributed by atoms with Crippen molar-refractivity contribution in [3.05, 3.63) is 0 Å². The number of esters is 2. The summed E-state index contributed by atoms with van der Waals surface area (Å²) in [7, 11) is 0. The highest BCUT2D eigenvalue weighted by Crippen LogP contribution is 2.10. The topological polar surface area (TPSA) is 61.8 Å². The molecule has 0 bridgehead atoms. The van der Waals surface area contributed by atoms with E-state index < -0.39 is 0 Å². The van der Waals surface area contributed by atoms with Gasteiger partial charge in [-0.3, -0.25) is 9.59 Å². The average Bonchev–Trinajstić information content (AvgIpc) is 2.66. The second kappa shape index (κ2) is 21.2. The van der Waals surface area contributed by atoms with E-state index in [-0.39, 0.29) is 25.2 Å². The van der Waals surface area contributed by atoms with E-state index in [1.165, 1.54) is 44.9 Å². The molecule has 0 aromatic rings. The Morgan fingerprint density at radius 1 is 0.519 bits per heavy atom. The van der Waals surface area contributed by atoms with E-state index in [2.05, 4.69) is 13.8 Å². The van der Waals surface area contributed by atoms with Gasteiger partial charge in [-0.05, 0) is 12.8 Å². The predicted molar refractivity (Wildman–Crippen MR) is 109 cm³/mol. The lowest BCUT2D eigenvalue weighted by atomic mass is 10.1. The van der Waals surface area contributed by atoms with Crippen LogP contribution in [0.2, 0.25) is 0 Å². The lowest BCUT2D eigenvalue weighted by Crippen LogP contribution is -2.14. The molecule has 0 aromatic heterocycles. The Hall–Kier alpha value is -1.10. The molecule has 0 saturated heterocycles. The van der Waals surface area contributed by atoms with Gasteiger partial charge in [0.05, 0.1) is 13.2 Å². The summed E-state index contributed by atoms with van der Waals surface area (Å²) in [6, 6.07) is 0. The van der Waals surface area contributed by atoms with Gasteiger partial charge in [0.2, 0.25) is 0 Å². The van der Waals surface area contributed by atoms with Crippen molar-refractivity contribution in [1.29, 1.82) is 0 Å². The van der Waals surface area contributed by atoms with Gasteiger partial charge in [0.15, 0.2) is 0 Å². The normalized spacial score (nSPS) is 10.7. The first-order valence-corrected chi connectivity index (χ1v) is 11.1. The first-order valence-electron chi connectivity index (χ1n) is 11.1. The van der Waals surface area contributed by atoms with Crippen molar-refractivity contribution in [2.75, 3.05) is 26.4 Å². The molecule has 0 N–H and O–H groups in total. The van der Waals surface area contributed by atoms with Crippen molar-refractivity contribution in [3.63, 3.8) is 0 Å². The molecule has 0 unspecified atom stereocenters. The highest BCUT2D eigenvalue weighted by Gasteiger charge is 2.04. The van der Waals surface area contributed by atoms with Gasteiger partial charge >= 0.3 is 11.9 Å². The molecule has 0 aromatic carbocycles. The molecule has 27 heavy (non-hydrogen) atoms. The number of hydrogen-bond donors (Lipinski definition) is 0. The highest BCUT2D eigenvalue weighted by atomic mass is 16.6. The van der Waals surface area contributed by atoms with E-state index >= 15 is 0 Å². The van der Waals surface area contributed by atoms with Crippen LogP contribution in [0.3, 0.4) is 0 Å². The lowest BCUT2D eigenvalue weighted by Gasteiger charge is -2.07. The van der Waals surface area contributed by atoms with Gasteiger partial charge in [-0.1, -0.05) is 78.1 Å². The fraction of sp³-hybridized carbons (Fsp3) is 0.909. The molecule has 0 radical (unpaired) electrons. The quantitative estimate of drug-likeness (QED) is 0.202. The summed E-state index contributed by atoms with van der Waals surface area (Å²) in [4.78, 5) is 23.0. The molecular weight excluding hydrogens is 344 g/mol. The zero-order valence-electron chi connectivity index (χ0n) is 17.8. The molecule has 0 saturated carbocycles. The van der Waals surface area contributed by atoms with Crippen molar-refractivity contribution < 1.29 is 23.8 Å². The molecule has 0 rings (SSSR count). The first kappa shape index (κ1) is 25.9. The molecule has 0 spiro atoms. The largest absolute Gasteiger partial charge is 0.463 e. The van der Waals surface area contributed by atoms with Gasteiger partial charge in [0.25, 0.3) is 0 Å². The van der Waals surface area contributed by atoms with Gasteiger partial charge in [0.1, 0.15) is 13.2 Å². The van der Waals surface area contributed by atoms with Crippen molar-refractivity contribution in [1.82, 2.24) is 0 Å². The SMILES string of the molecule is CCCCCCCCCCCC(=O)OCCOCCOC(=O)CCCCC. The molecular formula is C22H42O5. The van der Waals surface area contributed by atoms with Crippen molar-refractivity contribution in [2.24, 2.45) is 0 Å². The first-order chi connectivity index (χ1) is 13.2. The third kappa shape index (κ3) is 21.1. The molecule has 5 nitrogen and oxygen atoms in total. The predicted octanol–water partition coefficient (Wildman–Crippen LogP) is 5.59. The second-order valence-electron chi connectivity index (χ2n) is 7.09. The van der Waals surface area contributed by atoms with Crippen LogP contribution in [0.4, 0.5) is 0 Å². The molecule has 0 aliphatic heterocycles. The van der Waals surface area contributed by atoms with Crippen LogP contribution in [0.15, 0.2) is 0 Å². The fourth-order valence-electron chi connectivity index (χ4n) is 2.77. The summed E-state index contributed by atoms with van der Waals surface area (Å²) in [6.07, 6.45) is 15.1. The average molecular weight is 387 g/mol. The minimum absolute atomic E-state index is 0.149. The standard InChI is InChI=1S/C22H42O5/c1-3-5-7-8-9-10-11-12-14-16-22(24)27-20-18-25-17-19-26-21(23)15-13-6-4-2/h3-20H2,1-2H3. The Morgan fingerprint density at radius 2 is 0.889 bits per heavy atom. The van der Waals surface area contributed by atoms with E-state index in [0.717, 1.165) is 32.1 Å². The third-order valence-electron chi connectivity index (χ3n) is 4.45. The highest BCUT2D eigenvalue weighted by molar-refractivity contribution is 5.69. The number of carbonyl (C=O) groups excluding carboxylic acids is 2. The van der Waals surface area contributed by atoms with Crippen LogP contribution in [0.25, 0.3) is 0 Å². The summed E-state index contributed by atoms with van der Waals surface area (Å²) < 4.78 is 15.5. The molecule has 5 heteroatoms. The Bertz CT molecular complexity index is 344. The van der Waals surface area contributed by atoms with Crippen molar-refractivity contribution in [3.8, 4) is 0 Å². The van der Waals surface area contributed by atoms with Crippen LogP contribution in [0.5, 0.6) is 0 Å². The maximum absolute atomic E-state index is 11.6. The van der Waals surface area contributed by atoms with Crippen molar-refractivity contribution in [2.45, 2.75) is 104 Å². The molecule has 0 amide bonds. The molecule has 160 valence electrons. The van der Waals surface area contributed by atoms with Gasteiger partial charge in [-0.15, -0.1) is 0 Å². The minimum atomic E-state index is -0.167. The van der Waals surface area contributed by atoms with Crippen LogP contribution < -0.4 is 0 Å². The number of carbonyl (C=O) groups is 2. The summed E-state index contributed by atoms with van der Waals surface area (Å²) in [5, 5.41) is 0. The van der Waals surface area contributed by atoms with Crippen molar-refractivity contribution >= 4 is 11.9 Å². The van der Waals surface area contributed by atoms with Gasteiger partial charge in [-0.25, -0.2) is 0 Å². The third-order valence-corrected chi connectivity index (χ3v) is 4.45. The molecule has 0 atom stereocenters. The number of unbranched alkanes of at least 4 members (excludes halogenated alkanes) is 10. The smallest absolute Gasteiger partial charge is 0.305 e. The summed E-state index contributed by atoms with van der Waals surface area (Å²) in [5.74, 6) is -0.316. The zero-order valence-corrected chi connectivity index (χ0v) is 17.8. The Morgan fingerprint density at radius 3 is 1.37 bits per heavy atom. The minimum Gasteiger partial charge on any atom is -0.463 e. The van der Waals surface area contributed by atoms with E-state index in [4.69, 9.17) is 14.2 Å². The van der Waals surface area contributed by atoms with Crippen LogP contribution in [0, 0.1) is 0 Å². The molecule has 0 aliphatic rings. The molecule has 0 aliphatic carbocycles. The van der Waals surface area contributed by atoms with Gasteiger partial charge in [0, 0.05) is 12.8 Å². The monoisotopic (exact) mass is 386 g/mol. The number of ether oxygens (including phenoxy) is 3. The maximum Gasteiger partial charge on any atom is 0.305 e. The maximum atomic E-state index is 11.6. The van der Waals surface area contributed by atoms with E-state index in [9.17, 15) is 9.59 Å². The summed E-state index contributed by atoms with van der Waals surface area (Å²) in [5.41, 5.74) is 0. The van der Waals surface area contributed by atoms with Crippen LogP contribution in [0.1, 0.15) is 104 Å². The lowest BCUT2D eigenvalue weighted by molar-refractivity contribution is -0.146. The van der Waals surface area contributed by atoms with E-state index in [0.29, 0.717) is 26.1 Å². The second-order valence-corrected chi connectivity index (χ2v) is 7.09. The van der Waals surface area contributed by atoms with E-state index in [1.807, 2.05) is 0 Å². The fourth-order valence-corrected chi connectivity index (χ4v) is 2.77. The summed E-state index contributed by atoms with van der Waals surface area (Å²) >= 11 is 0. The van der Waals surface area contributed by atoms with Crippen LogP contribution in [-0.2, 0) is 23.8 Å². The Balaban J connectivity index is 3.24. The Labute approximate surface area is 166 Å². The molecule has 0 heterocycles. The van der Waals surface area contributed by atoms with Gasteiger partial charge < -0.3 is 14.2 Å².